The molecule has 3 N–H and O–H groups in total. The fraction of sp³-hybridized carbons (Fsp3) is 0.429. The van der Waals surface area contributed by atoms with Crippen LogP contribution in [0.3, 0.4) is 0 Å². The van der Waals surface area contributed by atoms with Crippen molar-refractivity contribution in [2.45, 2.75) is 18.8 Å². The van der Waals surface area contributed by atoms with Gasteiger partial charge in [0.1, 0.15) is 11.5 Å². The van der Waals surface area contributed by atoms with Gasteiger partial charge in [0.2, 0.25) is 0 Å². The van der Waals surface area contributed by atoms with E-state index in [-0.39, 0.29) is 28.7 Å². The summed E-state index contributed by atoms with van der Waals surface area (Å²) in [7, 11) is 1.45. The van der Waals surface area contributed by atoms with Gasteiger partial charge in [-0.3, -0.25) is 29.6 Å². The van der Waals surface area contributed by atoms with Crippen molar-refractivity contribution in [3.63, 3.8) is 0 Å². The van der Waals surface area contributed by atoms with Crippen LogP contribution in [-0.4, -0.2) is 56.4 Å². The van der Waals surface area contributed by atoms with Crippen LogP contribution in [0.4, 0.5) is 0 Å². The predicted molar refractivity (Wildman–Crippen MR) is 99.4 cm³/mol. The van der Waals surface area contributed by atoms with Crippen molar-refractivity contribution in [2.24, 2.45) is 29.6 Å². The molecule has 31 heavy (non-hydrogen) atoms. The summed E-state index contributed by atoms with van der Waals surface area (Å²) in [6, 6.07) is 4.52. The standard InChI is InChI=1S/C21H20N2O8/c1-31-8-2-5-14(24)12(6-8)15-9-3-4-10-16(20(27)22(29)18(10)25)11(9)7-13-17(15)21(28)23(30)19(13)26/h2-3,5-6,10-11,13,15-17,24,29-30H,4,7H2,1H3. The predicted octanol–water partition coefficient (Wildman–Crippen LogP) is 0.815. The van der Waals surface area contributed by atoms with Crippen LogP contribution >= 0.6 is 0 Å². The summed E-state index contributed by atoms with van der Waals surface area (Å²) in [6.45, 7) is 0. The molecule has 2 saturated heterocycles. The summed E-state index contributed by atoms with van der Waals surface area (Å²) < 4.78 is 5.25. The number of aromatic hydroxyl groups is 1. The lowest BCUT2D eigenvalue weighted by Crippen LogP contribution is -2.43. The van der Waals surface area contributed by atoms with Gasteiger partial charge in [0.25, 0.3) is 23.6 Å². The van der Waals surface area contributed by atoms with E-state index in [0.717, 1.165) is 0 Å². The summed E-state index contributed by atoms with van der Waals surface area (Å²) in [6.07, 6.45) is 2.02. The van der Waals surface area contributed by atoms with E-state index >= 15 is 0 Å². The highest BCUT2D eigenvalue weighted by Crippen LogP contribution is 2.58. The van der Waals surface area contributed by atoms with Gasteiger partial charge >= 0.3 is 0 Å². The van der Waals surface area contributed by atoms with E-state index in [9.17, 15) is 34.7 Å². The van der Waals surface area contributed by atoms with Crippen LogP contribution in [0.2, 0.25) is 0 Å². The number of hydrogen-bond acceptors (Lipinski definition) is 8. The number of hydrogen-bond donors (Lipinski definition) is 3. The molecule has 0 aromatic heterocycles. The van der Waals surface area contributed by atoms with Gasteiger partial charge in [-0.15, -0.1) is 0 Å². The van der Waals surface area contributed by atoms with Gasteiger partial charge in [0.15, 0.2) is 0 Å². The largest absolute Gasteiger partial charge is 0.508 e. The van der Waals surface area contributed by atoms with Crippen LogP contribution in [0.15, 0.2) is 29.8 Å². The van der Waals surface area contributed by atoms with Crippen LogP contribution in [0.5, 0.6) is 11.5 Å². The molecule has 4 aliphatic rings. The van der Waals surface area contributed by atoms with Crippen LogP contribution < -0.4 is 4.74 Å². The number of rotatable bonds is 2. The zero-order valence-electron chi connectivity index (χ0n) is 16.5. The van der Waals surface area contributed by atoms with Gasteiger partial charge in [-0.25, -0.2) is 0 Å². The van der Waals surface area contributed by atoms with Crippen molar-refractivity contribution in [1.29, 1.82) is 0 Å². The maximum Gasteiger partial charge on any atom is 0.258 e. The van der Waals surface area contributed by atoms with Crippen LogP contribution in [0.25, 0.3) is 0 Å². The minimum Gasteiger partial charge on any atom is -0.508 e. The van der Waals surface area contributed by atoms with Crippen molar-refractivity contribution in [1.82, 2.24) is 10.1 Å². The van der Waals surface area contributed by atoms with Gasteiger partial charge < -0.3 is 9.84 Å². The fourth-order valence-electron chi connectivity index (χ4n) is 5.81. The SMILES string of the molecule is COc1ccc(O)c(C2C3=CCC4C(=O)N(O)C(=O)C4C3CC3C(=O)N(O)C(=O)C32)c1. The Bertz CT molecular complexity index is 1070. The Morgan fingerprint density at radius 3 is 2.23 bits per heavy atom. The molecule has 6 atom stereocenters. The minimum atomic E-state index is -0.966. The first-order valence-corrected chi connectivity index (χ1v) is 9.96. The van der Waals surface area contributed by atoms with E-state index < -0.39 is 59.1 Å². The fourth-order valence-corrected chi connectivity index (χ4v) is 5.81. The molecular formula is C21H20N2O8. The summed E-state index contributed by atoms with van der Waals surface area (Å²) in [5.41, 5.74) is 0.969. The number of nitrogens with zero attached hydrogens (tertiary/aromatic N) is 2. The average molecular weight is 428 g/mol. The number of fused-ring (bicyclic) bond motifs is 4. The molecule has 2 aliphatic carbocycles. The molecule has 10 nitrogen and oxygen atoms in total. The monoisotopic (exact) mass is 428 g/mol. The first kappa shape index (κ1) is 19.7. The van der Waals surface area contributed by atoms with Gasteiger partial charge in [-0.1, -0.05) is 11.6 Å². The maximum atomic E-state index is 12.8. The molecule has 4 amide bonds. The van der Waals surface area contributed by atoms with Crippen LogP contribution in [0.1, 0.15) is 24.3 Å². The number of phenolic OH excluding ortho intramolecular Hbond substituents is 1. The van der Waals surface area contributed by atoms with E-state index in [4.69, 9.17) is 4.74 Å². The topological polar surface area (TPSA) is 145 Å². The summed E-state index contributed by atoms with van der Waals surface area (Å²) in [5, 5.41) is 30.8. The molecule has 162 valence electrons. The van der Waals surface area contributed by atoms with Crippen molar-refractivity contribution in [2.75, 3.05) is 7.11 Å². The molecule has 10 heteroatoms. The average Bonchev–Trinajstić information content (AvgIpc) is 3.13. The normalized spacial score (nSPS) is 34.5. The first-order valence-electron chi connectivity index (χ1n) is 9.96. The van der Waals surface area contributed by atoms with Crippen molar-refractivity contribution in [3.05, 3.63) is 35.4 Å². The Morgan fingerprint density at radius 2 is 1.55 bits per heavy atom. The Labute approximate surface area is 176 Å². The smallest absolute Gasteiger partial charge is 0.258 e. The Hall–Kier alpha value is -3.24. The zero-order valence-corrected chi connectivity index (χ0v) is 16.5. The Kier molecular flexibility index (Phi) is 4.21. The Morgan fingerprint density at radius 1 is 0.903 bits per heavy atom. The number of allylic oxidation sites excluding steroid dienone is 2. The molecule has 2 aliphatic heterocycles. The van der Waals surface area contributed by atoms with E-state index in [1.165, 1.54) is 13.2 Å². The van der Waals surface area contributed by atoms with Crippen molar-refractivity contribution in [3.8, 4) is 11.5 Å². The van der Waals surface area contributed by atoms with Gasteiger partial charge in [-0.05, 0) is 37.0 Å². The molecule has 6 unspecified atom stereocenters. The van der Waals surface area contributed by atoms with E-state index in [0.29, 0.717) is 16.9 Å². The number of imide groups is 2. The molecule has 2 heterocycles. The van der Waals surface area contributed by atoms with Gasteiger partial charge in [0.05, 0.1) is 30.8 Å². The van der Waals surface area contributed by atoms with Crippen molar-refractivity contribution >= 4 is 23.6 Å². The zero-order chi connectivity index (χ0) is 22.2. The lowest BCUT2D eigenvalue weighted by molar-refractivity contribution is -0.174. The molecule has 3 fully saturated rings. The molecule has 5 rings (SSSR count). The number of phenols is 1. The minimum absolute atomic E-state index is 0.0768. The molecule has 0 spiro atoms. The number of hydroxylamine groups is 4. The lowest BCUT2D eigenvalue weighted by atomic mass is 9.57. The molecule has 0 radical (unpaired) electrons. The number of carbonyl (C=O) groups excluding carboxylic acids is 4. The third-order valence-electron chi connectivity index (χ3n) is 7.17. The molecular weight excluding hydrogens is 408 g/mol. The molecule has 1 aromatic rings. The summed E-state index contributed by atoms with van der Waals surface area (Å²) in [5.74, 6) is -7.60. The van der Waals surface area contributed by atoms with E-state index in [1.54, 1.807) is 18.2 Å². The second kappa shape index (κ2) is 6.63. The highest BCUT2D eigenvalue weighted by Gasteiger charge is 2.62. The van der Waals surface area contributed by atoms with Crippen molar-refractivity contribution < 1.29 is 39.4 Å². The number of methoxy groups -OCH3 is 1. The van der Waals surface area contributed by atoms with E-state index in [1.807, 2.05) is 0 Å². The van der Waals surface area contributed by atoms with Crippen LogP contribution in [0, 0.1) is 29.6 Å². The number of benzene rings is 1. The summed E-state index contributed by atoms with van der Waals surface area (Å²) in [4.78, 5) is 50.4. The summed E-state index contributed by atoms with van der Waals surface area (Å²) >= 11 is 0. The first-order chi connectivity index (χ1) is 14.8. The Balaban J connectivity index is 1.69. The van der Waals surface area contributed by atoms with Gasteiger partial charge in [0, 0.05) is 11.5 Å². The molecule has 0 bridgehead atoms. The highest BCUT2D eigenvalue weighted by atomic mass is 16.5. The lowest BCUT2D eigenvalue weighted by Gasteiger charge is -2.43. The number of amides is 4. The molecule has 1 saturated carbocycles. The molecule has 1 aromatic carbocycles. The second-order valence-corrected chi connectivity index (χ2v) is 8.43. The quantitative estimate of drug-likeness (QED) is 0.357. The third-order valence-corrected chi connectivity index (χ3v) is 7.17. The highest BCUT2D eigenvalue weighted by molar-refractivity contribution is 6.06. The number of ether oxygens (including phenoxy) is 1. The van der Waals surface area contributed by atoms with Gasteiger partial charge in [-0.2, -0.15) is 10.1 Å². The maximum absolute atomic E-state index is 12.8. The third kappa shape index (κ3) is 2.52. The van der Waals surface area contributed by atoms with Crippen LogP contribution in [-0.2, 0) is 19.2 Å². The van der Waals surface area contributed by atoms with E-state index in [2.05, 4.69) is 0 Å². The second-order valence-electron chi connectivity index (χ2n) is 8.43. The number of carbonyl (C=O) groups is 4.